The third-order valence-electron chi connectivity index (χ3n) is 3.59. The summed E-state index contributed by atoms with van der Waals surface area (Å²) in [6, 6.07) is 14.4. The third-order valence-corrected chi connectivity index (χ3v) is 3.59. The van der Waals surface area contributed by atoms with Gasteiger partial charge in [0.2, 0.25) is 5.96 Å². The molecule has 2 aromatic carbocycles. The van der Waals surface area contributed by atoms with E-state index in [-0.39, 0.29) is 6.04 Å². The SMILES string of the molecule is CCCOC(=O)NC1=NC(c2cccc3ccccc23)CN1. The summed E-state index contributed by atoms with van der Waals surface area (Å²) in [4.78, 5) is 16.1. The van der Waals surface area contributed by atoms with Crippen LogP contribution >= 0.6 is 0 Å². The van der Waals surface area contributed by atoms with Gasteiger partial charge in [-0.3, -0.25) is 5.32 Å². The van der Waals surface area contributed by atoms with E-state index in [2.05, 4.69) is 39.9 Å². The van der Waals surface area contributed by atoms with Crippen LogP contribution in [0.15, 0.2) is 47.5 Å². The Kier molecular flexibility index (Phi) is 4.23. The number of ether oxygens (including phenoxy) is 1. The zero-order valence-corrected chi connectivity index (χ0v) is 12.5. The van der Waals surface area contributed by atoms with Crippen LogP contribution in [0.5, 0.6) is 0 Å². The fraction of sp³-hybridized carbons (Fsp3) is 0.294. The number of fused-ring (bicyclic) bond motifs is 1. The molecule has 0 aromatic heterocycles. The largest absolute Gasteiger partial charge is 0.449 e. The van der Waals surface area contributed by atoms with E-state index in [1.165, 1.54) is 10.8 Å². The molecule has 5 nitrogen and oxygen atoms in total. The summed E-state index contributed by atoms with van der Waals surface area (Å²) < 4.78 is 4.99. The quantitative estimate of drug-likeness (QED) is 0.915. The molecule has 0 saturated carbocycles. The highest BCUT2D eigenvalue weighted by atomic mass is 16.5. The number of carbonyl (C=O) groups is 1. The Morgan fingerprint density at radius 1 is 1.32 bits per heavy atom. The van der Waals surface area contributed by atoms with Crippen molar-refractivity contribution in [2.75, 3.05) is 13.2 Å². The van der Waals surface area contributed by atoms with E-state index in [1.54, 1.807) is 0 Å². The van der Waals surface area contributed by atoms with Crippen LogP contribution in [0.3, 0.4) is 0 Å². The minimum absolute atomic E-state index is 0.00687. The Hall–Kier alpha value is -2.56. The normalized spacial score (nSPS) is 17.0. The number of nitrogens with zero attached hydrogens (tertiary/aromatic N) is 1. The fourth-order valence-corrected chi connectivity index (χ4v) is 2.56. The summed E-state index contributed by atoms with van der Waals surface area (Å²) in [7, 11) is 0. The standard InChI is InChI=1S/C17H19N3O2/c1-2-10-22-17(21)20-16-18-11-15(19-16)14-9-5-7-12-6-3-4-8-13(12)14/h3-9,15H,2,10-11H2,1H3,(H2,18,19,20,21). The molecule has 0 spiro atoms. The first-order valence-corrected chi connectivity index (χ1v) is 7.51. The molecule has 0 fully saturated rings. The first-order chi connectivity index (χ1) is 10.8. The Bertz CT molecular complexity index is 707. The Morgan fingerprint density at radius 3 is 3.00 bits per heavy atom. The van der Waals surface area contributed by atoms with E-state index in [0.29, 0.717) is 19.1 Å². The first kappa shape index (κ1) is 14.4. The van der Waals surface area contributed by atoms with Gasteiger partial charge < -0.3 is 10.1 Å². The van der Waals surface area contributed by atoms with E-state index in [0.717, 1.165) is 12.0 Å². The van der Waals surface area contributed by atoms with Crippen molar-refractivity contribution in [2.24, 2.45) is 4.99 Å². The summed E-state index contributed by atoms with van der Waals surface area (Å²) in [5.41, 5.74) is 1.16. The molecule has 1 atom stereocenters. The van der Waals surface area contributed by atoms with Crippen LogP contribution in [0.25, 0.3) is 10.8 Å². The van der Waals surface area contributed by atoms with Crippen molar-refractivity contribution in [1.82, 2.24) is 10.6 Å². The van der Waals surface area contributed by atoms with E-state index < -0.39 is 6.09 Å². The van der Waals surface area contributed by atoms with Gasteiger partial charge in [0.1, 0.15) is 0 Å². The summed E-state index contributed by atoms with van der Waals surface area (Å²) >= 11 is 0. The van der Waals surface area contributed by atoms with Crippen molar-refractivity contribution in [3.05, 3.63) is 48.0 Å². The van der Waals surface area contributed by atoms with Crippen LogP contribution in [0.4, 0.5) is 4.79 Å². The van der Waals surface area contributed by atoms with Gasteiger partial charge in [0.05, 0.1) is 12.6 Å². The van der Waals surface area contributed by atoms with E-state index in [1.807, 2.05) is 25.1 Å². The maximum Gasteiger partial charge on any atom is 0.413 e. The number of alkyl carbamates (subject to hydrolysis) is 1. The number of carbonyl (C=O) groups excluding carboxylic acids is 1. The van der Waals surface area contributed by atoms with Crippen molar-refractivity contribution in [3.63, 3.8) is 0 Å². The fourth-order valence-electron chi connectivity index (χ4n) is 2.56. The molecule has 3 rings (SSSR count). The second-order valence-electron chi connectivity index (χ2n) is 5.20. The summed E-state index contributed by atoms with van der Waals surface area (Å²) in [5, 5.41) is 8.14. The molecule has 1 aliphatic rings. The summed E-state index contributed by atoms with van der Waals surface area (Å²) in [6.07, 6.45) is 0.332. The molecule has 5 heteroatoms. The highest BCUT2D eigenvalue weighted by molar-refractivity contribution is 5.95. The molecule has 0 saturated heterocycles. The van der Waals surface area contributed by atoms with Crippen LogP contribution in [0, 0.1) is 0 Å². The number of hydrogen-bond acceptors (Lipinski definition) is 4. The Balaban J connectivity index is 1.77. The van der Waals surface area contributed by atoms with Crippen LogP contribution in [0.2, 0.25) is 0 Å². The number of hydrogen-bond donors (Lipinski definition) is 2. The second kappa shape index (κ2) is 6.47. The van der Waals surface area contributed by atoms with E-state index in [4.69, 9.17) is 4.74 Å². The van der Waals surface area contributed by atoms with E-state index in [9.17, 15) is 4.79 Å². The molecule has 1 amide bonds. The second-order valence-corrected chi connectivity index (χ2v) is 5.20. The lowest BCUT2D eigenvalue weighted by molar-refractivity contribution is 0.151. The maximum atomic E-state index is 11.6. The Labute approximate surface area is 129 Å². The number of nitrogens with one attached hydrogen (secondary N) is 2. The van der Waals surface area contributed by atoms with Crippen LogP contribution in [0.1, 0.15) is 24.9 Å². The number of rotatable bonds is 3. The lowest BCUT2D eigenvalue weighted by Gasteiger charge is -2.09. The molecule has 1 heterocycles. The molecule has 2 N–H and O–H groups in total. The van der Waals surface area contributed by atoms with Crippen molar-refractivity contribution >= 4 is 22.8 Å². The molecule has 114 valence electrons. The minimum atomic E-state index is -0.466. The molecule has 1 unspecified atom stereocenters. The van der Waals surface area contributed by atoms with Crippen molar-refractivity contribution in [2.45, 2.75) is 19.4 Å². The molecule has 0 bridgehead atoms. The predicted octanol–water partition coefficient (Wildman–Crippen LogP) is 2.98. The van der Waals surface area contributed by atoms with Gasteiger partial charge in [-0.05, 0) is 22.8 Å². The van der Waals surface area contributed by atoms with Gasteiger partial charge in [-0.25, -0.2) is 9.79 Å². The smallest absolute Gasteiger partial charge is 0.413 e. The minimum Gasteiger partial charge on any atom is -0.449 e. The van der Waals surface area contributed by atoms with Crippen LogP contribution in [-0.2, 0) is 4.74 Å². The highest BCUT2D eigenvalue weighted by Crippen LogP contribution is 2.27. The van der Waals surface area contributed by atoms with Gasteiger partial charge in [0.25, 0.3) is 0 Å². The first-order valence-electron chi connectivity index (χ1n) is 7.51. The summed E-state index contributed by atoms with van der Waals surface area (Å²) in [6.45, 7) is 3.03. The predicted molar refractivity (Wildman–Crippen MR) is 86.9 cm³/mol. The zero-order valence-electron chi connectivity index (χ0n) is 12.5. The molecular formula is C17H19N3O2. The number of guanidine groups is 1. The molecule has 0 radical (unpaired) electrons. The topological polar surface area (TPSA) is 62.7 Å². The van der Waals surface area contributed by atoms with E-state index >= 15 is 0 Å². The Morgan fingerprint density at radius 2 is 2.14 bits per heavy atom. The van der Waals surface area contributed by atoms with Gasteiger partial charge in [0.15, 0.2) is 0 Å². The van der Waals surface area contributed by atoms with Gasteiger partial charge in [-0.15, -0.1) is 0 Å². The molecule has 1 aliphatic heterocycles. The molecule has 2 aromatic rings. The third kappa shape index (κ3) is 3.03. The van der Waals surface area contributed by atoms with Crippen molar-refractivity contribution in [3.8, 4) is 0 Å². The molecule has 0 aliphatic carbocycles. The van der Waals surface area contributed by atoms with Gasteiger partial charge in [0, 0.05) is 6.54 Å². The van der Waals surface area contributed by atoms with Crippen LogP contribution < -0.4 is 10.6 Å². The average molecular weight is 297 g/mol. The lowest BCUT2D eigenvalue weighted by atomic mass is 9.99. The van der Waals surface area contributed by atoms with Gasteiger partial charge in [-0.2, -0.15) is 0 Å². The van der Waals surface area contributed by atoms with Gasteiger partial charge >= 0.3 is 6.09 Å². The number of benzene rings is 2. The number of aliphatic imine (C=N–C) groups is 1. The monoisotopic (exact) mass is 297 g/mol. The van der Waals surface area contributed by atoms with Crippen molar-refractivity contribution < 1.29 is 9.53 Å². The zero-order chi connectivity index (χ0) is 15.4. The van der Waals surface area contributed by atoms with Crippen molar-refractivity contribution in [1.29, 1.82) is 0 Å². The molecular weight excluding hydrogens is 278 g/mol. The average Bonchev–Trinajstić information content (AvgIpc) is 3.00. The lowest BCUT2D eigenvalue weighted by Crippen LogP contribution is -2.38. The number of amides is 1. The van der Waals surface area contributed by atoms with Crippen LogP contribution in [-0.4, -0.2) is 25.2 Å². The van der Waals surface area contributed by atoms with Gasteiger partial charge in [-0.1, -0.05) is 49.4 Å². The highest BCUT2D eigenvalue weighted by Gasteiger charge is 2.21. The molecule has 22 heavy (non-hydrogen) atoms. The summed E-state index contributed by atoms with van der Waals surface area (Å²) in [5.74, 6) is 0.471. The maximum absolute atomic E-state index is 11.6.